The Balaban J connectivity index is 1.75. The van der Waals surface area contributed by atoms with Gasteiger partial charge in [0.2, 0.25) is 0 Å². The first-order valence-electron chi connectivity index (χ1n) is 7.51. The summed E-state index contributed by atoms with van der Waals surface area (Å²) >= 11 is 0.920. The van der Waals surface area contributed by atoms with Gasteiger partial charge in [-0.2, -0.15) is 0 Å². The summed E-state index contributed by atoms with van der Waals surface area (Å²) in [5.41, 5.74) is 0.682. The van der Waals surface area contributed by atoms with Crippen molar-refractivity contribution in [1.29, 1.82) is 0 Å². The molecule has 0 atom stereocenters. The molecule has 0 aliphatic carbocycles. The van der Waals surface area contributed by atoms with Crippen molar-refractivity contribution in [2.45, 2.75) is 0 Å². The average Bonchev–Trinajstić information content (AvgIpc) is 2.85. The summed E-state index contributed by atoms with van der Waals surface area (Å²) in [6.45, 7) is 2.91. The Morgan fingerprint density at radius 2 is 2.08 bits per heavy atom. The number of phenols is 1. The normalized spacial score (nSPS) is 20.9. The number of ether oxygens (including phenoxy) is 2. The largest absolute Gasteiger partial charge is 0.504 e. The van der Waals surface area contributed by atoms with E-state index in [-0.39, 0.29) is 23.6 Å². The molecule has 1 N–H and O–H groups in total. The van der Waals surface area contributed by atoms with Crippen molar-refractivity contribution in [3.63, 3.8) is 0 Å². The third-order valence-corrected chi connectivity index (χ3v) is 4.73. The monoisotopic (exact) mass is 350 g/mol. The molecular weight excluding hydrogens is 332 g/mol. The first-order valence-corrected chi connectivity index (χ1v) is 8.32. The Morgan fingerprint density at radius 1 is 1.33 bits per heavy atom. The number of phenolic OH excluding ortho intramolecular Hbond substituents is 1. The molecule has 3 rings (SSSR count). The van der Waals surface area contributed by atoms with Crippen LogP contribution in [0, 0.1) is 0 Å². The lowest BCUT2D eigenvalue weighted by atomic mass is 10.2. The molecule has 2 heterocycles. The number of rotatable bonds is 4. The van der Waals surface area contributed by atoms with Crippen molar-refractivity contribution in [3.8, 4) is 11.5 Å². The predicted octanol–water partition coefficient (Wildman–Crippen LogP) is 1.73. The van der Waals surface area contributed by atoms with E-state index in [1.807, 2.05) is 4.90 Å². The second-order valence-electron chi connectivity index (χ2n) is 5.41. The van der Waals surface area contributed by atoms with Crippen molar-refractivity contribution in [3.05, 3.63) is 28.7 Å². The zero-order valence-corrected chi connectivity index (χ0v) is 14.0. The lowest BCUT2D eigenvalue weighted by Crippen LogP contribution is -2.45. The third-order valence-electron chi connectivity index (χ3n) is 3.82. The van der Waals surface area contributed by atoms with E-state index < -0.39 is 0 Å². The van der Waals surface area contributed by atoms with Gasteiger partial charge in [-0.05, 0) is 35.5 Å². The molecule has 2 saturated heterocycles. The van der Waals surface area contributed by atoms with Crippen LogP contribution in [0.1, 0.15) is 5.56 Å². The average molecular weight is 350 g/mol. The SMILES string of the molecule is COc1cc(/C=C2/SC(=O)N(CN3CCOCC3)C2=O)ccc1O. The molecule has 0 unspecified atom stereocenters. The fourth-order valence-electron chi connectivity index (χ4n) is 2.50. The minimum atomic E-state index is -0.302. The number of carbonyl (C=O) groups is 2. The van der Waals surface area contributed by atoms with Gasteiger partial charge in [-0.1, -0.05) is 6.07 Å². The lowest BCUT2D eigenvalue weighted by molar-refractivity contribution is -0.125. The van der Waals surface area contributed by atoms with Crippen LogP contribution in [0.5, 0.6) is 11.5 Å². The van der Waals surface area contributed by atoms with E-state index >= 15 is 0 Å². The zero-order valence-electron chi connectivity index (χ0n) is 13.2. The maximum atomic E-state index is 12.5. The first-order chi connectivity index (χ1) is 11.6. The summed E-state index contributed by atoms with van der Waals surface area (Å²) in [5, 5.41) is 9.34. The minimum absolute atomic E-state index is 0.0232. The number of methoxy groups -OCH3 is 1. The quantitative estimate of drug-likeness (QED) is 0.828. The van der Waals surface area contributed by atoms with Crippen LogP contribution >= 0.6 is 11.8 Å². The van der Waals surface area contributed by atoms with Crippen molar-refractivity contribution in [1.82, 2.24) is 9.80 Å². The summed E-state index contributed by atoms with van der Waals surface area (Å²) in [6.07, 6.45) is 1.63. The van der Waals surface area contributed by atoms with E-state index in [1.54, 1.807) is 18.2 Å². The molecule has 2 fully saturated rings. The van der Waals surface area contributed by atoms with Crippen molar-refractivity contribution in [2.24, 2.45) is 0 Å². The highest BCUT2D eigenvalue weighted by atomic mass is 32.2. The van der Waals surface area contributed by atoms with Gasteiger partial charge in [-0.25, -0.2) is 0 Å². The van der Waals surface area contributed by atoms with Crippen molar-refractivity contribution >= 4 is 29.0 Å². The number of hydrogen-bond acceptors (Lipinski definition) is 7. The van der Waals surface area contributed by atoms with E-state index in [2.05, 4.69) is 0 Å². The minimum Gasteiger partial charge on any atom is -0.504 e. The van der Waals surface area contributed by atoms with Crippen LogP contribution in [0.2, 0.25) is 0 Å². The molecule has 2 aliphatic heterocycles. The Bertz CT molecular complexity index is 685. The molecule has 0 bridgehead atoms. The number of imide groups is 1. The third kappa shape index (κ3) is 3.55. The van der Waals surface area contributed by atoms with Crippen LogP contribution < -0.4 is 4.74 Å². The maximum Gasteiger partial charge on any atom is 0.294 e. The number of carbonyl (C=O) groups excluding carboxylic acids is 2. The highest BCUT2D eigenvalue weighted by Crippen LogP contribution is 2.34. The maximum absolute atomic E-state index is 12.5. The molecule has 7 nitrogen and oxygen atoms in total. The number of hydrogen-bond donors (Lipinski definition) is 1. The Labute approximate surface area is 143 Å². The summed E-state index contributed by atoms with van der Waals surface area (Å²) in [5.74, 6) is 0.0369. The van der Waals surface area contributed by atoms with Crippen LogP contribution in [-0.2, 0) is 9.53 Å². The molecule has 8 heteroatoms. The van der Waals surface area contributed by atoms with Gasteiger partial charge < -0.3 is 14.6 Å². The molecule has 24 heavy (non-hydrogen) atoms. The molecule has 128 valence electrons. The van der Waals surface area contributed by atoms with Gasteiger partial charge in [0.15, 0.2) is 11.5 Å². The molecule has 1 aromatic carbocycles. The molecule has 0 aromatic heterocycles. The predicted molar refractivity (Wildman–Crippen MR) is 89.7 cm³/mol. The van der Waals surface area contributed by atoms with Crippen LogP contribution in [0.15, 0.2) is 23.1 Å². The molecular formula is C16H18N2O5S. The second kappa shape index (κ2) is 7.25. The lowest BCUT2D eigenvalue weighted by Gasteiger charge is -2.29. The molecule has 2 amide bonds. The molecule has 0 spiro atoms. The Hall–Kier alpha value is -2.03. The number of morpholine rings is 1. The topological polar surface area (TPSA) is 79.3 Å². The van der Waals surface area contributed by atoms with Gasteiger partial charge in [-0.3, -0.25) is 19.4 Å². The zero-order chi connectivity index (χ0) is 17.1. The van der Waals surface area contributed by atoms with Crippen molar-refractivity contribution in [2.75, 3.05) is 40.1 Å². The summed E-state index contributed by atoms with van der Waals surface area (Å²) in [4.78, 5) is 28.3. The van der Waals surface area contributed by atoms with Crippen molar-refractivity contribution < 1.29 is 24.2 Å². The van der Waals surface area contributed by atoms with Gasteiger partial charge in [0.1, 0.15) is 0 Å². The number of amides is 2. The summed E-state index contributed by atoms with van der Waals surface area (Å²) in [7, 11) is 1.45. The number of aromatic hydroxyl groups is 1. The Morgan fingerprint density at radius 3 is 2.79 bits per heavy atom. The van der Waals surface area contributed by atoms with Gasteiger partial charge in [-0.15, -0.1) is 0 Å². The van der Waals surface area contributed by atoms with Crippen LogP contribution in [0.3, 0.4) is 0 Å². The Kier molecular flexibility index (Phi) is 5.08. The number of thioether (sulfide) groups is 1. The van der Waals surface area contributed by atoms with Gasteiger partial charge >= 0.3 is 0 Å². The van der Waals surface area contributed by atoms with Crippen LogP contribution in [0.4, 0.5) is 4.79 Å². The van der Waals surface area contributed by atoms with Gasteiger partial charge in [0.05, 0.1) is 31.9 Å². The van der Waals surface area contributed by atoms with Crippen LogP contribution in [-0.4, -0.2) is 66.1 Å². The van der Waals surface area contributed by atoms with E-state index in [0.717, 1.165) is 11.8 Å². The van der Waals surface area contributed by atoms with E-state index in [1.165, 1.54) is 18.1 Å². The van der Waals surface area contributed by atoms with E-state index in [9.17, 15) is 14.7 Å². The van der Waals surface area contributed by atoms with Crippen LogP contribution in [0.25, 0.3) is 6.08 Å². The molecule has 0 radical (unpaired) electrons. The number of benzene rings is 1. The molecule has 2 aliphatic rings. The fourth-order valence-corrected chi connectivity index (χ4v) is 3.33. The number of nitrogens with zero attached hydrogens (tertiary/aromatic N) is 2. The fraction of sp³-hybridized carbons (Fsp3) is 0.375. The standard InChI is InChI=1S/C16H18N2O5S/c1-22-13-8-11(2-3-12(13)19)9-14-15(20)18(16(21)24-14)10-17-4-6-23-7-5-17/h2-3,8-9,19H,4-7,10H2,1H3/b14-9+. The smallest absolute Gasteiger partial charge is 0.294 e. The van der Waals surface area contributed by atoms with E-state index in [4.69, 9.17) is 9.47 Å². The highest BCUT2D eigenvalue weighted by Gasteiger charge is 2.36. The summed E-state index contributed by atoms with van der Waals surface area (Å²) in [6, 6.07) is 4.77. The van der Waals surface area contributed by atoms with Gasteiger partial charge in [0, 0.05) is 13.1 Å². The highest BCUT2D eigenvalue weighted by molar-refractivity contribution is 8.18. The second-order valence-corrected chi connectivity index (χ2v) is 6.41. The molecule has 1 aromatic rings. The summed E-state index contributed by atoms with van der Waals surface area (Å²) < 4.78 is 10.3. The molecule has 0 saturated carbocycles. The van der Waals surface area contributed by atoms with Gasteiger partial charge in [0.25, 0.3) is 11.1 Å². The first kappa shape index (κ1) is 16.8. The van der Waals surface area contributed by atoms with E-state index in [0.29, 0.717) is 42.5 Å².